The number of halogens is 3. The third-order valence-electron chi connectivity index (χ3n) is 4.68. The van der Waals surface area contributed by atoms with E-state index in [-0.39, 0.29) is 49.4 Å². The summed E-state index contributed by atoms with van der Waals surface area (Å²) in [5, 5.41) is 13.4. The van der Waals surface area contributed by atoms with Gasteiger partial charge in [0.05, 0.1) is 12.4 Å². The van der Waals surface area contributed by atoms with Gasteiger partial charge in [-0.3, -0.25) is 0 Å². The molecule has 7 nitrogen and oxygen atoms in total. The lowest BCUT2D eigenvalue weighted by Gasteiger charge is -2.28. The summed E-state index contributed by atoms with van der Waals surface area (Å²) in [7, 11) is 2.01. The van der Waals surface area contributed by atoms with Crippen molar-refractivity contribution < 1.29 is 5.11 Å². The minimum atomic E-state index is -0.213. The molecule has 1 saturated heterocycles. The van der Waals surface area contributed by atoms with Crippen LogP contribution in [-0.4, -0.2) is 56.9 Å². The van der Waals surface area contributed by atoms with Crippen LogP contribution < -0.4 is 10.2 Å². The normalized spacial score (nSPS) is 19.2. The van der Waals surface area contributed by atoms with Gasteiger partial charge in [0.2, 0.25) is 0 Å². The molecule has 2 N–H and O–H groups in total. The number of fused-ring (bicyclic) bond motifs is 1. The zero-order chi connectivity index (χ0) is 16.2. The molecule has 150 valence electrons. The smallest absolute Gasteiger partial charge is 0.165 e. The largest absolute Gasteiger partial charge is 0.392 e. The van der Waals surface area contributed by atoms with Crippen LogP contribution in [-0.2, 0) is 6.54 Å². The average Bonchev–Trinajstić information content (AvgIpc) is 2.99. The molecule has 1 fully saturated rings. The van der Waals surface area contributed by atoms with E-state index in [1.54, 1.807) is 6.33 Å². The number of rotatable bonds is 6. The number of aromatic nitrogens is 4. The third kappa shape index (κ3) is 5.57. The molecule has 10 heteroatoms. The van der Waals surface area contributed by atoms with Crippen molar-refractivity contribution in [3.8, 4) is 0 Å². The second-order valence-corrected chi connectivity index (χ2v) is 6.23. The molecule has 2 unspecified atom stereocenters. The van der Waals surface area contributed by atoms with Gasteiger partial charge in [-0.15, -0.1) is 37.2 Å². The van der Waals surface area contributed by atoms with E-state index in [2.05, 4.69) is 36.7 Å². The molecule has 26 heavy (non-hydrogen) atoms. The molecule has 3 rings (SSSR count). The lowest BCUT2D eigenvalue weighted by Crippen LogP contribution is -2.44. The first-order chi connectivity index (χ1) is 11.2. The minimum Gasteiger partial charge on any atom is -0.392 e. The number of hydrogen-bond acceptors (Lipinski definition) is 6. The minimum absolute atomic E-state index is 0. The third-order valence-corrected chi connectivity index (χ3v) is 4.68. The summed E-state index contributed by atoms with van der Waals surface area (Å²) in [4.78, 5) is 15.3. The lowest BCUT2D eigenvalue weighted by atomic mass is 9.97. The summed E-state index contributed by atoms with van der Waals surface area (Å²) in [6.07, 6.45) is 7.16. The fraction of sp³-hybridized carbons (Fsp3) is 0.688. The first-order valence-corrected chi connectivity index (χ1v) is 8.49. The Bertz CT molecular complexity index is 656. The van der Waals surface area contributed by atoms with Gasteiger partial charge in [-0.25, -0.2) is 15.0 Å². The van der Waals surface area contributed by atoms with Gasteiger partial charge in [0.1, 0.15) is 6.33 Å². The maximum atomic E-state index is 10.0. The van der Waals surface area contributed by atoms with E-state index in [0.29, 0.717) is 0 Å². The van der Waals surface area contributed by atoms with Crippen LogP contribution in [0.5, 0.6) is 0 Å². The molecule has 3 heterocycles. The molecule has 1 aliphatic heterocycles. The van der Waals surface area contributed by atoms with Gasteiger partial charge in [-0.05, 0) is 39.2 Å². The Morgan fingerprint density at radius 1 is 1.27 bits per heavy atom. The monoisotopic (exact) mass is 426 g/mol. The molecule has 0 bridgehead atoms. The van der Waals surface area contributed by atoms with Crippen molar-refractivity contribution >= 4 is 54.2 Å². The first-order valence-electron chi connectivity index (χ1n) is 8.49. The zero-order valence-electron chi connectivity index (χ0n) is 15.2. The quantitative estimate of drug-likeness (QED) is 0.737. The van der Waals surface area contributed by atoms with Crippen molar-refractivity contribution in [3.63, 3.8) is 0 Å². The van der Waals surface area contributed by atoms with Crippen LogP contribution in [0.15, 0.2) is 12.7 Å². The molecular formula is C16H29Cl3N6O. The summed E-state index contributed by atoms with van der Waals surface area (Å²) < 4.78 is 2.08. The fourth-order valence-electron chi connectivity index (χ4n) is 3.17. The number of anilines is 1. The predicted octanol–water partition coefficient (Wildman–Crippen LogP) is 2.44. The van der Waals surface area contributed by atoms with E-state index in [0.717, 1.165) is 62.3 Å². The van der Waals surface area contributed by atoms with Crippen LogP contribution in [0.25, 0.3) is 11.2 Å². The highest BCUT2D eigenvalue weighted by atomic mass is 35.5. The standard InChI is InChI=1S/C16H26N6O.3ClH/c1-3-21(2)15-14-16(19-10-18-15)22(11-20-14)9-5-6-12-13(23)7-4-8-17-12;;;/h10-13,17,23H,3-9H2,1-2H3;3*1H. The molecular weight excluding hydrogens is 399 g/mol. The van der Waals surface area contributed by atoms with Crippen LogP contribution in [0.3, 0.4) is 0 Å². The molecule has 0 amide bonds. The summed E-state index contributed by atoms with van der Waals surface area (Å²) in [6.45, 7) is 4.83. The van der Waals surface area contributed by atoms with Crippen molar-refractivity contribution in [2.45, 2.75) is 51.3 Å². The number of hydrogen-bond donors (Lipinski definition) is 2. The molecule has 2 aromatic heterocycles. The van der Waals surface area contributed by atoms with Gasteiger partial charge >= 0.3 is 0 Å². The van der Waals surface area contributed by atoms with Gasteiger partial charge in [0.25, 0.3) is 0 Å². The van der Waals surface area contributed by atoms with Gasteiger partial charge in [0.15, 0.2) is 17.0 Å². The highest BCUT2D eigenvalue weighted by Gasteiger charge is 2.22. The maximum absolute atomic E-state index is 10.0. The van der Waals surface area contributed by atoms with E-state index in [1.807, 2.05) is 13.4 Å². The molecule has 0 aromatic carbocycles. The number of aliphatic hydroxyl groups excluding tert-OH is 1. The van der Waals surface area contributed by atoms with E-state index in [1.165, 1.54) is 0 Å². The van der Waals surface area contributed by atoms with Crippen LogP contribution in [0.1, 0.15) is 32.6 Å². The summed E-state index contributed by atoms with van der Waals surface area (Å²) >= 11 is 0. The van der Waals surface area contributed by atoms with E-state index < -0.39 is 0 Å². The second-order valence-electron chi connectivity index (χ2n) is 6.23. The Balaban J connectivity index is 0.00000208. The number of nitrogens with zero attached hydrogens (tertiary/aromatic N) is 5. The van der Waals surface area contributed by atoms with Crippen LogP contribution in [0, 0.1) is 0 Å². The molecule has 1 aliphatic rings. The number of piperidine rings is 1. The Morgan fingerprint density at radius 2 is 2.04 bits per heavy atom. The molecule has 0 saturated carbocycles. The highest BCUT2D eigenvalue weighted by Crippen LogP contribution is 2.21. The average molecular weight is 428 g/mol. The topological polar surface area (TPSA) is 79.1 Å². The van der Waals surface area contributed by atoms with Gasteiger partial charge in [0, 0.05) is 26.2 Å². The number of nitrogens with one attached hydrogen (secondary N) is 1. The number of imidazole rings is 1. The molecule has 2 atom stereocenters. The summed E-state index contributed by atoms with van der Waals surface area (Å²) in [6, 6.07) is 0.218. The van der Waals surface area contributed by atoms with E-state index in [9.17, 15) is 5.11 Å². The van der Waals surface area contributed by atoms with Crippen molar-refractivity contribution in [1.82, 2.24) is 24.8 Å². The number of aryl methyl sites for hydroxylation is 1. The zero-order valence-corrected chi connectivity index (χ0v) is 17.6. The van der Waals surface area contributed by atoms with E-state index in [4.69, 9.17) is 0 Å². The van der Waals surface area contributed by atoms with Gasteiger partial charge in [-0.2, -0.15) is 0 Å². The van der Waals surface area contributed by atoms with Crippen LogP contribution >= 0.6 is 37.2 Å². The summed E-state index contributed by atoms with van der Waals surface area (Å²) in [5.41, 5.74) is 1.74. The molecule has 0 aliphatic carbocycles. The highest BCUT2D eigenvalue weighted by molar-refractivity contribution is 5.86. The fourth-order valence-corrected chi connectivity index (χ4v) is 3.17. The van der Waals surface area contributed by atoms with Crippen molar-refractivity contribution in [2.24, 2.45) is 0 Å². The molecule has 0 spiro atoms. The summed E-state index contributed by atoms with van der Waals surface area (Å²) in [5.74, 6) is 0.876. The Labute approximate surface area is 173 Å². The molecule has 2 aromatic rings. The SMILES string of the molecule is CCN(C)c1ncnc2c1ncn2CCCC1NCCCC1O.Cl.Cl.Cl. The Kier molecular flexibility index (Phi) is 11.4. The van der Waals surface area contributed by atoms with Crippen LogP contribution in [0.4, 0.5) is 5.82 Å². The van der Waals surface area contributed by atoms with E-state index >= 15 is 0 Å². The maximum Gasteiger partial charge on any atom is 0.165 e. The number of aliphatic hydroxyl groups is 1. The van der Waals surface area contributed by atoms with Crippen molar-refractivity contribution in [3.05, 3.63) is 12.7 Å². The van der Waals surface area contributed by atoms with Gasteiger partial charge < -0.3 is 19.9 Å². The first kappa shape index (κ1) is 25.1. The van der Waals surface area contributed by atoms with Gasteiger partial charge in [-0.1, -0.05) is 0 Å². The van der Waals surface area contributed by atoms with Crippen LogP contribution in [0.2, 0.25) is 0 Å². The molecule has 0 radical (unpaired) electrons. The van der Waals surface area contributed by atoms with Crippen molar-refractivity contribution in [2.75, 3.05) is 25.0 Å². The van der Waals surface area contributed by atoms with Crippen molar-refractivity contribution in [1.29, 1.82) is 0 Å². The second kappa shape index (κ2) is 11.8. The lowest BCUT2D eigenvalue weighted by molar-refractivity contribution is 0.0909. The Morgan fingerprint density at radius 3 is 2.73 bits per heavy atom. The Hall–Kier alpha value is -0.860. The predicted molar refractivity (Wildman–Crippen MR) is 112 cm³/mol.